The molecule has 1 aliphatic heterocycles. The molecule has 4 rings (SSSR count). The summed E-state index contributed by atoms with van der Waals surface area (Å²) in [5.74, 6) is 1.74. The Morgan fingerprint density at radius 2 is 2.17 bits per heavy atom. The lowest BCUT2D eigenvalue weighted by molar-refractivity contribution is -0.129. The number of carbonyl (C=O) groups is 1. The molecule has 3 heterocycles. The number of rotatable bonds is 5. The topological polar surface area (TPSA) is 76.2 Å². The van der Waals surface area contributed by atoms with Crippen molar-refractivity contribution in [1.29, 1.82) is 0 Å². The fourth-order valence-electron chi connectivity index (χ4n) is 3.58. The molecule has 1 saturated carbocycles. The third kappa shape index (κ3) is 2.62. The first-order valence-corrected chi connectivity index (χ1v) is 8.50. The second-order valence-corrected chi connectivity index (χ2v) is 6.80. The van der Waals surface area contributed by atoms with E-state index in [0.29, 0.717) is 24.9 Å². The molecular weight excluding hydrogens is 306 g/mol. The van der Waals surface area contributed by atoms with Crippen molar-refractivity contribution in [2.45, 2.75) is 57.8 Å². The lowest BCUT2D eigenvalue weighted by Crippen LogP contribution is -2.38. The van der Waals surface area contributed by atoms with Crippen LogP contribution < -0.4 is 5.32 Å². The van der Waals surface area contributed by atoms with Crippen LogP contribution in [0.25, 0.3) is 0 Å². The molecule has 24 heavy (non-hydrogen) atoms. The van der Waals surface area contributed by atoms with E-state index in [-0.39, 0.29) is 18.0 Å². The zero-order chi connectivity index (χ0) is 16.8. The maximum Gasteiger partial charge on any atom is 0.225 e. The molecule has 0 unspecified atom stereocenters. The summed E-state index contributed by atoms with van der Waals surface area (Å²) in [4.78, 5) is 19.0. The van der Waals surface area contributed by atoms with Gasteiger partial charge in [-0.05, 0) is 32.8 Å². The smallest absolute Gasteiger partial charge is 0.225 e. The molecule has 7 heteroatoms. The Kier molecular flexibility index (Phi) is 3.68. The van der Waals surface area contributed by atoms with E-state index in [2.05, 4.69) is 20.3 Å². The van der Waals surface area contributed by atoms with E-state index < -0.39 is 0 Å². The summed E-state index contributed by atoms with van der Waals surface area (Å²) in [7, 11) is 1.93. The number of oxazole rings is 1. The summed E-state index contributed by atoms with van der Waals surface area (Å²) in [5.41, 5.74) is 1.99. The molecule has 1 aliphatic carbocycles. The lowest BCUT2D eigenvalue weighted by Gasteiger charge is -2.28. The third-order valence-electron chi connectivity index (χ3n) is 5.05. The molecule has 128 valence electrons. The van der Waals surface area contributed by atoms with E-state index in [1.165, 1.54) is 0 Å². The molecule has 0 bridgehead atoms. The molecule has 7 nitrogen and oxygen atoms in total. The molecule has 2 aromatic heterocycles. The third-order valence-corrected chi connectivity index (χ3v) is 5.05. The molecule has 1 saturated heterocycles. The van der Waals surface area contributed by atoms with Gasteiger partial charge in [-0.25, -0.2) is 4.98 Å². The van der Waals surface area contributed by atoms with E-state index in [1.54, 1.807) is 6.20 Å². The van der Waals surface area contributed by atoms with Crippen LogP contribution in [0.4, 0.5) is 0 Å². The quantitative estimate of drug-likeness (QED) is 0.902. The summed E-state index contributed by atoms with van der Waals surface area (Å²) >= 11 is 0. The Bertz CT molecular complexity index is 741. The van der Waals surface area contributed by atoms with Gasteiger partial charge < -0.3 is 14.6 Å². The zero-order valence-electron chi connectivity index (χ0n) is 14.3. The van der Waals surface area contributed by atoms with Gasteiger partial charge >= 0.3 is 0 Å². The zero-order valence-corrected chi connectivity index (χ0v) is 14.3. The van der Waals surface area contributed by atoms with Gasteiger partial charge in [-0.2, -0.15) is 5.10 Å². The highest BCUT2D eigenvalue weighted by Gasteiger charge is 2.48. The van der Waals surface area contributed by atoms with Crippen molar-refractivity contribution in [3.63, 3.8) is 0 Å². The Labute approximate surface area is 141 Å². The summed E-state index contributed by atoms with van der Waals surface area (Å²) < 4.78 is 7.52. The van der Waals surface area contributed by atoms with Crippen LogP contribution in [-0.2, 0) is 18.4 Å². The first-order chi connectivity index (χ1) is 11.5. The van der Waals surface area contributed by atoms with E-state index in [4.69, 9.17) is 4.42 Å². The molecule has 0 aromatic carbocycles. The van der Waals surface area contributed by atoms with Crippen molar-refractivity contribution < 1.29 is 9.21 Å². The van der Waals surface area contributed by atoms with Crippen molar-refractivity contribution in [3.8, 4) is 0 Å². The number of carbonyl (C=O) groups excluding carboxylic acids is 1. The number of nitrogens with zero attached hydrogens (tertiary/aromatic N) is 4. The number of hydrogen-bond acceptors (Lipinski definition) is 5. The second kappa shape index (κ2) is 5.73. The van der Waals surface area contributed by atoms with Crippen LogP contribution in [0.3, 0.4) is 0 Å². The summed E-state index contributed by atoms with van der Waals surface area (Å²) in [5, 5.41) is 7.78. The van der Waals surface area contributed by atoms with Gasteiger partial charge in [-0.15, -0.1) is 0 Å². The van der Waals surface area contributed by atoms with Crippen molar-refractivity contribution in [1.82, 2.24) is 25.0 Å². The number of aromatic nitrogens is 3. The van der Waals surface area contributed by atoms with Gasteiger partial charge in [0.2, 0.25) is 11.8 Å². The van der Waals surface area contributed by atoms with Crippen LogP contribution in [0.15, 0.2) is 16.7 Å². The second-order valence-electron chi connectivity index (χ2n) is 6.80. The Hall–Kier alpha value is -2.15. The molecule has 1 N–H and O–H groups in total. The predicted molar refractivity (Wildman–Crippen MR) is 87.0 cm³/mol. The van der Waals surface area contributed by atoms with Gasteiger partial charge in [0.25, 0.3) is 0 Å². The fourth-order valence-corrected chi connectivity index (χ4v) is 3.58. The van der Waals surface area contributed by atoms with E-state index in [9.17, 15) is 4.79 Å². The van der Waals surface area contributed by atoms with Crippen molar-refractivity contribution in [2.24, 2.45) is 7.05 Å². The number of likely N-dealkylation sites (tertiary alicyclic amines) is 1. The molecule has 2 fully saturated rings. The number of aryl methyl sites for hydroxylation is 3. The minimum Gasteiger partial charge on any atom is -0.444 e. The van der Waals surface area contributed by atoms with Gasteiger partial charge in [0, 0.05) is 31.7 Å². The first-order valence-electron chi connectivity index (χ1n) is 8.50. The lowest BCUT2D eigenvalue weighted by atomic mass is 10.1. The van der Waals surface area contributed by atoms with Crippen LogP contribution in [0.5, 0.6) is 0 Å². The minimum atomic E-state index is 0.0228. The van der Waals surface area contributed by atoms with Crippen LogP contribution in [-0.4, -0.2) is 37.7 Å². The van der Waals surface area contributed by atoms with Crippen molar-refractivity contribution in [2.75, 3.05) is 0 Å². The fraction of sp³-hybridized carbons (Fsp3) is 0.588. The number of nitrogens with one attached hydrogen (secondary N) is 1. The Balaban J connectivity index is 1.56. The summed E-state index contributed by atoms with van der Waals surface area (Å²) in [6.45, 7) is 4.38. The van der Waals surface area contributed by atoms with Crippen LogP contribution in [0.2, 0.25) is 0 Å². The summed E-state index contributed by atoms with van der Waals surface area (Å²) in [6.07, 6.45) is 4.50. The van der Waals surface area contributed by atoms with Crippen LogP contribution >= 0.6 is 0 Å². The average molecular weight is 329 g/mol. The molecule has 1 amide bonds. The molecule has 0 radical (unpaired) electrons. The standard InChI is InChI=1S/C17H23N5O2/c1-10-11(2)24-15(20-10)9-18-13-8-16(23)22(12-4-5-12)17(13)14-6-7-19-21(14)3/h6-7,12-13,17-18H,4-5,8-9H2,1-3H3/t13-,17-/m1/s1. The predicted octanol–water partition coefficient (Wildman–Crippen LogP) is 1.62. The van der Waals surface area contributed by atoms with Crippen LogP contribution in [0, 0.1) is 13.8 Å². The highest BCUT2D eigenvalue weighted by molar-refractivity contribution is 5.81. The van der Waals surface area contributed by atoms with E-state index in [1.807, 2.05) is 31.6 Å². The molecule has 2 aliphatic rings. The largest absolute Gasteiger partial charge is 0.444 e. The minimum absolute atomic E-state index is 0.0228. The van der Waals surface area contributed by atoms with Gasteiger partial charge in [0.1, 0.15) is 5.76 Å². The highest BCUT2D eigenvalue weighted by Crippen LogP contribution is 2.41. The highest BCUT2D eigenvalue weighted by atomic mass is 16.4. The normalized spacial score (nSPS) is 24.1. The summed E-state index contributed by atoms with van der Waals surface area (Å²) in [6, 6.07) is 2.46. The van der Waals surface area contributed by atoms with Crippen molar-refractivity contribution >= 4 is 5.91 Å². The molecule has 2 atom stereocenters. The van der Waals surface area contributed by atoms with Gasteiger partial charge in [0.15, 0.2) is 0 Å². The van der Waals surface area contributed by atoms with Crippen molar-refractivity contribution in [3.05, 3.63) is 35.3 Å². The Morgan fingerprint density at radius 3 is 2.75 bits per heavy atom. The van der Waals surface area contributed by atoms with E-state index >= 15 is 0 Å². The average Bonchev–Trinajstić information content (AvgIpc) is 3.09. The molecule has 0 spiro atoms. The van der Waals surface area contributed by atoms with Gasteiger partial charge in [-0.1, -0.05) is 0 Å². The molecular formula is C17H23N5O2. The van der Waals surface area contributed by atoms with Gasteiger partial charge in [-0.3, -0.25) is 9.48 Å². The maximum atomic E-state index is 12.6. The SMILES string of the molecule is Cc1nc(CN[C@@H]2CC(=O)N(C3CC3)[C@H]2c2ccnn2C)oc1C. The molecule has 2 aromatic rings. The van der Waals surface area contributed by atoms with Crippen LogP contribution in [0.1, 0.15) is 48.3 Å². The number of amides is 1. The first kappa shape index (κ1) is 15.4. The number of hydrogen-bond donors (Lipinski definition) is 1. The monoisotopic (exact) mass is 329 g/mol. The van der Waals surface area contributed by atoms with E-state index in [0.717, 1.165) is 30.0 Å². The Morgan fingerprint density at radius 1 is 1.38 bits per heavy atom. The maximum absolute atomic E-state index is 12.6. The van der Waals surface area contributed by atoms with Gasteiger partial charge in [0.05, 0.1) is 24.0 Å².